The van der Waals surface area contributed by atoms with Gasteiger partial charge in [-0.25, -0.2) is 0 Å². The average Bonchev–Trinajstić information content (AvgIpc) is 2.28. The molecule has 0 aromatic heterocycles. The Kier molecular flexibility index (Phi) is 8.55. The van der Waals surface area contributed by atoms with Gasteiger partial charge in [0.1, 0.15) is 0 Å². The zero-order valence-electron chi connectivity index (χ0n) is 10.0. The lowest BCUT2D eigenvalue weighted by Crippen LogP contribution is -2.31. The Morgan fingerprint density at radius 3 is 2.65 bits per heavy atom. The molecule has 0 aliphatic heterocycles. The van der Waals surface area contributed by atoms with E-state index in [2.05, 4.69) is 33.2 Å². The molecule has 0 saturated heterocycles. The molecular weight excluding hydrogens is 351 g/mol. The van der Waals surface area contributed by atoms with Gasteiger partial charge in [0, 0.05) is 22.2 Å². The highest BCUT2D eigenvalue weighted by Crippen LogP contribution is 2.13. The second-order valence-corrected chi connectivity index (χ2v) is 4.74. The van der Waals surface area contributed by atoms with E-state index >= 15 is 0 Å². The molecule has 5 heteroatoms. The summed E-state index contributed by atoms with van der Waals surface area (Å²) >= 11 is 2.24. The van der Waals surface area contributed by atoms with Gasteiger partial charge >= 0.3 is 0 Å². The minimum absolute atomic E-state index is 0. The first-order valence-electron chi connectivity index (χ1n) is 5.40. The Balaban J connectivity index is 0.00000256. The zero-order valence-corrected chi connectivity index (χ0v) is 13.0. The number of halogens is 2. The molecule has 0 fully saturated rings. The van der Waals surface area contributed by atoms with Gasteiger partial charge in [0.05, 0.1) is 0 Å². The van der Waals surface area contributed by atoms with Crippen LogP contribution in [0.15, 0.2) is 18.2 Å². The molecule has 1 rings (SSSR count). The number of carbonyl (C=O) groups is 1. The highest BCUT2D eigenvalue weighted by atomic mass is 127. The molecule has 1 amide bonds. The van der Waals surface area contributed by atoms with Crippen LogP contribution in [0.4, 0.5) is 0 Å². The fourth-order valence-electron chi connectivity index (χ4n) is 1.28. The monoisotopic (exact) mass is 368 g/mol. The van der Waals surface area contributed by atoms with E-state index in [0.29, 0.717) is 6.54 Å². The van der Waals surface area contributed by atoms with Crippen molar-refractivity contribution in [3.63, 3.8) is 0 Å². The van der Waals surface area contributed by atoms with Crippen molar-refractivity contribution in [3.05, 3.63) is 32.9 Å². The molecule has 0 aliphatic rings. The third-order valence-electron chi connectivity index (χ3n) is 2.27. The van der Waals surface area contributed by atoms with Gasteiger partial charge in [0.25, 0.3) is 5.91 Å². The van der Waals surface area contributed by atoms with Crippen molar-refractivity contribution in [2.45, 2.75) is 13.8 Å². The first kappa shape index (κ1) is 16.7. The number of aryl methyl sites for hydroxylation is 1. The lowest BCUT2D eigenvalue weighted by Gasteiger charge is -2.06. The van der Waals surface area contributed by atoms with Gasteiger partial charge in [0.15, 0.2) is 0 Å². The number of likely N-dealkylation sites (N-methyl/N-ethyl adjacent to an activating group) is 1. The summed E-state index contributed by atoms with van der Waals surface area (Å²) in [5, 5.41) is 6.04. The van der Waals surface area contributed by atoms with Crippen LogP contribution < -0.4 is 10.6 Å². The molecule has 0 atom stereocenters. The maximum atomic E-state index is 11.7. The van der Waals surface area contributed by atoms with E-state index in [9.17, 15) is 4.79 Å². The van der Waals surface area contributed by atoms with Crippen molar-refractivity contribution in [3.8, 4) is 0 Å². The van der Waals surface area contributed by atoms with E-state index in [4.69, 9.17) is 0 Å². The van der Waals surface area contributed by atoms with Crippen LogP contribution in [-0.4, -0.2) is 25.5 Å². The van der Waals surface area contributed by atoms with Crippen molar-refractivity contribution in [2.24, 2.45) is 0 Å². The van der Waals surface area contributed by atoms with Crippen LogP contribution in [0.5, 0.6) is 0 Å². The Morgan fingerprint density at radius 1 is 1.35 bits per heavy atom. The van der Waals surface area contributed by atoms with Gasteiger partial charge in [-0.3, -0.25) is 4.79 Å². The number of hydrogen-bond donors (Lipinski definition) is 2. The van der Waals surface area contributed by atoms with Gasteiger partial charge in [-0.05, 0) is 53.8 Å². The highest BCUT2D eigenvalue weighted by Gasteiger charge is 2.05. The van der Waals surface area contributed by atoms with E-state index < -0.39 is 0 Å². The standard InChI is InChI=1S/C12H17IN2O.ClH/c1-3-14-6-7-15-12(16)10-5-4-9(2)11(13)8-10;/h4-5,8,14H,3,6-7H2,1-2H3,(H,15,16);1H. The summed E-state index contributed by atoms with van der Waals surface area (Å²) in [5.41, 5.74) is 1.93. The molecule has 0 saturated carbocycles. The minimum Gasteiger partial charge on any atom is -0.351 e. The van der Waals surface area contributed by atoms with E-state index in [1.54, 1.807) is 0 Å². The lowest BCUT2D eigenvalue weighted by atomic mass is 10.1. The van der Waals surface area contributed by atoms with Crippen LogP contribution in [0.1, 0.15) is 22.8 Å². The van der Waals surface area contributed by atoms with E-state index in [1.165, 1.54) is 5.56 Å². The summed E-state index contributed by atoms with van der Waals surface area (Å²) in [4.78, 5) is 11.7. The fraction of sp³-hybridized carbons (Fsp3) is 0.417. The van der Waals surface area contributed by atoms with Crippen LogP contribution >= 0.6 is 35.0 Å². The Bertz CT molecular complexity index is 372. The van der Waals surface area contributed by atoms with Gasteiger partial charge < -0.3 is 10.6 Å². The summed E-state index contributed by atoms with van der Waals surface area (Å²) in [7, 11) is 0. The summed E-state index contributed by atoms with van der Waals surface area (Å²) < 4.78 is 1.12. The first-order chi connectivity index (χ1) is 7.65. The smallest absolute Gasteiger partial charge is 0.251 e. The molecular formula is C12H18ClIN2O. The predicted molar refractivity (Wildman–Crippen MR) is 82.0 cm³/mol. The van der Waals surface area contributed by atoms with Crippen LogP contribution in [-0.2, 0) is 0 Å². The summed E-state index contributed by atoms with van der Waals surface area (Å²) in [6.45, 7) is 6.49. The lowest BCUT2D eigenvalue weighted by molar-refractivity contribution is 0.0954. The minimum atomic E-state index is -0.00387. The third-order valence-corrected chi connectivity index (χ3v) is 3.43. The normalized spacial score (nSPS) is 9.59. The van der Waals surface area contributed by atoms with Gasteiger partial charge in [-0.2, -0.15) is 0 Å². The Morgan fingerprint density at radius 2 is 2.06 bits per heavy atom. The molecule has 3 nitrogen and oxygen atoms in total. The van der Waals surface area contributed by atoms with Crippen LogP contribution in [0, 0.1) is 10.5 Å². The molecule has 96 valence electrons. The largest absolute Gasteiger partial charge is 0.351 e. The molecule has 0 radical (unpaired) electrons. The van der Waals surface area contributed by atoms with Crippen LogP contribution in [0.3, 0.4) is 0 Å². The van der Waals surface area contributed by atoms with E-state index in [-0.39, 0.29) is 18.3 Å². The molecule has 0 spiro atoms. The number of carbonyl (C=O) groups excluding carboxylic acids is 1. The average molecular weight is 369 g/mol. The van der Waals surface area contributed by atoms with Crippen molar-refractivity contribution in [2.75, 3.05) is 19.6 Å². The maximum absolute atomic E-state index is 11.7. The first-order valence-corrected chi connectivity index (χ1v) is 6.48. The zero-order chi connectivity index (χ0) is 12.0. The number of benzene rings is 1. The molecule has 0 aliphatic carbocycles. The summed E-state index contributed by atoms with van der Waals surface area (Å²) in [6.07, 6.45) is 0. The molecule has 2 N–H and O–H groups in total. The van der Waals surface area contributed by atoms with E-state index in [0.717, 1.165) is 22.2 Å². The second-order valence-electron chi connectivity index (χ2n) is 3.57. The quantitative estimate of drug-likeness (QED) is 0.619. The molecule has 17 heavy (non-hydrogen) atoms. The maximum Gasteiger partial charge on any atom is 0.251 e. The molecule has 0 unspecified atom stereocenters. The summed E-state index contributed by atoms with van der Waals surface area (Å²) in [5.74, 6) is -0.00387. The van der Waals surface area contributed by atoms with Gasteiger partial charge in [0.2, 0.25) is 0 Å². The molecule has 0 heterocycles. The van der Waals surface area contributed by atoms with Gasteiger partial charge in [-0.15, -0.1) is 12.4 Å². The van der Waals surface area contributed by atoms with E-state index in [1.807, 2.05) is 32.0 Å². The molecule has 1 aromatic rings. The SMILES string of the molecule is CCNCCNC(=O)c1ccc(C)c(I)c1.Cl. The molecule has 1 aromatic carbocycles. The van der Waals surface area contributed by atoms with Crippen LogP contribution in [0.2, 0.25) is 0 Å². The van der Waals surface area contributed by atoms with Crippen molar-refractivity contribution < 1.29 is 4.79 Å². The van der Waals surface area contributed by atoms with Crippen molar-refractivity contribution in [1.29, 1.82) is 0 Å². The predicted octanol–water partition coefficient (Wildman–Crippen LogP) is 2.36. The third kappa shape index (κ3) is 5.70. The number of rotatable bonds is 5. The number of amides is 1. The highest BCUT2D eigenvalue weighted by molar-refractivity contribution is 14.1. The van der Waals surface area contributed by atoms with Crippen LogP contribution in [0.25, 0.3) is 0 Å². The Labute approximate surface area is 122 Å². The Hall–Kier alpha value is -0.330. The second kappa shape index (κ2) is 8.72. The van der Waals surface area contributed by atoms with Gasteiger partial charge in [-0.1, -0.05) is 13.0 Å². The number of nitrogens with one attached hydrogen (secondary N) is 2. The van der Waals surface area contributed by atoms with Crippen molar-refractivity contribution >= 4 is 40.9 Å². The topological polar surface area (TPSA) is 41.1 Å². The number of hydrogen-bond acceptors (Lipinski definition) is 2. The summed E-state index contributed by atoms with van der Waals surface area (Å²) in [6, 6.07) is 5.75. The van der Waals surface area contributed by atoms with Crippen molar-refractivity contribution in [1.82, 2.24) is 10.6 Å². The molecule has 0 bridgehead atoms. The fourth-order valence-corrected chi connectivity index (χ4v) is 1.79.